The Morgan fingerprint density at radius 2 is 1.95 bits per heavy atom. The minimum absolute atomic E-state index is 0.00932. The number of ether oxygens (including phenoxy) is 1. The van der Waals surface area contributed by atoms with Gasteiger partial charge in [0, 0.05) is 4.47 Å². The number of carbonyl (C=O) groups excluding carboxylic acids is 1. The third-order valence-electron chi connectivity index (χ3n) is 3.31. The highest BCUT2D eigenvalue weighted by Gasteiger charge is 2.08. The number of rotatable bonds is 4. The quantitative estimate of drug-likeness (QED) is 0.890. The Balaban J connectivity index is 1.97. The van der Waals surface area contributed by atoms with Gasteiger partial charge in [-0.15, -0.1) is 0 Å². The van der Waals surface area contributed by atoms with Crippen LogP contribution in [0, 0.1) is 20.8 Å². The van der Waals surface area contributed by atoms with Crippen molar-refractivity contribution in [2.24, 2.45) is 0 Å². The second-order valence-electron chi connectivity index (χ2n) is 5.02. The van der Waals surface area contributed by atoms with E-state index in [4.69, 9.17) is 4.74 Å². The molecule has 2 aromatic rings. The van der Waals surface area contributed by atoms with Gasteiger partial charge in [0.15, 0.2) is 6.61 Å². The first-order chi connectivity index (χ1) is 9.97. The summed E-state index contributed by atoms with van der Waals surface area (Å²) < 4.78 is 6.45. The van der Waals surface area contributed by atoms with Crippen LogP contribution in [0.5, 0.6) is 5.75 Å². The lowest BCUT2D eigenvalue weighted by molar-refractivity contribution is -0.118. The number of hydrogen-bond acceptors (Lipinski definition) is 2. The summed E-state index contributed by atoms with van der Waals surface area (Å²) in [4.78, 5) is 12.0. The van der Waals surface area contributed by atoms with Crippen molar-refractivity contribution in [3.8, 4) is 5.75 Å². The van der Waals surface area contributed by atoms with Crippen molar-refractivity contribution < 1.29 is 9.53 Å². The minimum atomic E-state index is -0.180. The Hall–Kier alpha value is -1.81. The molecule has 1 amide bonds. The van der Waals surface area contributed by atoms with Crippen LogP contribution in [-0.4, -0.2) is 12.5 Å². The summed E-state index contributed by atoms with van der Waals surface area (Å²) in [5.41, 5.74) is 4.08. The van der Waals surface area contributed by atoms with E-state index in [2.05, 4.69) is 21.2 Å². The van der Waals surface area contributed by atoms with E-state index in [0.717, 1.165) is 32.6 Å². The van der Waals surface area contributed by atoms with E-state index in [1.54, 1.807) is 0 Å². The summed E-state index contributed by atoms with van der Waals surface area (Å²) in [6, 6.07) is 11.6. The van der Waals surface area contributed by atoms with E-state index in [1.807, 2.05) is 57.2 Å². The molecule has 0 fully saturated rings. The minimum Gasteiger partial charge on any atom is -0.483 e. The summed E-state index contributed by atoms with van der Waals surface area (Å²) in [6.45, 7) is 6.00. The molecule has 0 heterocycles. The van der Waals surface area contributed by atoms with Gasteiger partial charge in [0.25, 0.3) is 5.91 Å². The first kappa shape index (κ1) is 15.6. The highest BCUT2D eigenvalue weighted by Crippen LogP contribution is 2.24. The molecule has 4 heteroatoms. The van der Waals surface area contributed by atoms with Gasteiger partial charge in [0.2, 0.25) is 0 Å². The average Bonchev–Trinajstić information content (AvgIpc) is 2.43. The molecule has 0 saturated heterocycles. The number of anilines is 1. The van der Waals surface area contributed by atoms with E-state index in [1.165, 1.54) is 0 Å². The molecule has 0 saturated carbocycles. The predicted octanol–water partition coefficient (Wildman–Crippen LogP) is 4.39. The molecule has 0 aromatic heterocycles. The molecule has 0 aliphatic rings. The fourth-order valence-electron chi connectivity index (χ4n) is 1.93. The number of carbonyl (C=O) groups is 1. The molecule has 2 aromatic carbocycles. The number of nitrogens with one attached hydrogen (secondary N) is 1. The van der Waals surface area contributed by atoms with Crippen molar-refractivity contribution in [2.75, 3.05) is 11.9 Å². The molecule has 0 aliphatic heterocycles. The van der Waals surface area contributed by atoms with Crippen molar-refractivity contribution in [1.29, 1.82) is 0 Å². The van der Waals surface area contributed by atoms with Crippen LogP contribution in [0.3, 0.4) is 0 Å². The van der Waals surface area contributed by atoms with Gasteiger partial charge in [-0.25, -0.2) is 0 Å². The van der Waals surface area contributed by atoms with Crippen LogP contribution in [0.2, 0.25) is 0 Å². The standard InChI is InChI=1S/C17H18BrNO2/c1-11-7-8-15(14(18)9-11)19-17(20)10-21-16-6-4-5-12(2)13(16)3/h4-9H,10H2,1-3H3,(H,19,20). The maximum Gasteiger partial charge on any atom is 0.262 e. The molecule has 2 rings (SSSR count). The van der Waals surface area contributed by atoms with Crippen LogP contribution < -0.4 is 10.1 Å². The normalized spacial score (nSPS) is 10.3. The number of aryl methyl sites for hydroxylation is 2. The molecular weight excluding hydrogens is 330 g/mol. The Labute approximate surface area is 133 Å². The number of hydrogen-bond donors (Lipinski definition) is 1. The molecule has 0 radical (unpaired) electrons. The summed E-state index contributed by atoms with van der Waals surface area (Å²) >= 11 is 3.44. The number of halogens is 1. The van der Waals surface area contributed by atoms with Crippen LogP contribution >= 0.6 is 15.9 Å². The zero-order chi connectivity index (χ0) is 15.4. The molecule has 0 atom stereocenters. The smallest absolute Gasteiger partial charge is 0.262 e. The van der Waals surface area contributed by atoms with Crippen molar-refractivity contribution in [3.63, 3.8) is 0 Å². The Bertz CT molecular complexity index is 668. The van der Waals surface area contributed by atoms with Crippen LogP contribution in [0.15, 0.2) is 40.9 Å². The zero-order valence-corrected chi connectivity index (χ0v) is 14.0. The topological polar surface area (TPSA) is 38.3 Å². The van der Waals surface area contributed by atoms with E-state index in [0.29, 0.717) is 0 Å². The van der Waals surface area contributed by atoms with Crippen molar-refractivity contribution in [2.45, 2.75) is 20.8 Å². The lowest BCUT2D eigenvalue weighted by atomic mass is 10.1. The van der Waals surface area contributed by atoms with Gasteiger partial charge < -0.3 is 10.1 Å². The van der Waals surface area contributed by atoms with Crippen LogP contribution in [-0.2, 0) is 4.79 Å². The largest absolute Gasteiger partial charge is 0.483 e. The zero-order valence-electron chi connectivity index (χ0n) is 12.4. The first-order valence-corrected chi connectivity index (χ1v) is 7.51. The average molecular weight is 348 g/mol. The van der Waals surface area contributed by atoms with Crippen LogP contribution in [0.4, 0.5) is 5.69 Å². The second kappa shape index (κ2) is 6.76. The van der Waals surface area contributed by atoms with E-state index in [9.17, 15) is 4.79 Å². The van der Waals surface area contributed by atoms with Crippen molar-refractivity contribution in [1.82, 2.24) is 0 Å². The summed E-state index contributed by atoms with van der Waals surface area (Å²) in [7, 11) is 0. The molecule has 0 bridgehead atoms. The maximum atomic E-state index is 12.0. The van der Waals surface area contributed by atoms with Gasteiger partial charge in [0.1, 0.15) is 5.75 Å². The van der Waals surface area contributed by atoms with E-state index >= 15 is 0 Å². The molecule has 21 heavy (non-hydrogen) atoms. The van der Waals surface area contributed by atoms with Gasteiger partial charge in [-0.2, -0.15) is 0 Å². The Morgan fingerprint density at radius 1 is 1.19 bits per heavy atom. The van der Waals surface area contributed by atoms with Gasteiger partial charge in [-0.3, -0.25) is 4.79 Å². The molecule has 0 aliphatic carbocycles. The lowest BCUT2D eigenvalue weighted by Crippen LogP contribution is -2.20. The Morgan fingerprint density at radius 3 is 2.67 bits per heavy atom. The molecule has 1 N–H and O–H groups in total. The monoisotopic (exact) mass is 347 g/mol. The number of benzene rings is 2. The molecule has 3 nitrogen and oxygen atoms in total. The number of amides is 1. The van der Waals surface area contributed by atoms with Gasteiger partial charge in [0.05, 0.1) is 5.69 Å². The first-order valence-electron chi connectivity index (χ1n) is 6.72. The SMILES string of the molecule is Cc1ccc(NC(=O)COc2cccc(C)c2C)c(Br)c1. The summed E-state index contributed by atoms with van der Waals surface area (Å²) in [5.74, 6) is 0.564. The fraction of sp³-hybridized carbons (Fsp3) is 0.235. The third kappa shape index (κ3) is 4.08. The lowest BCUT2D eigenvalue weighted by Gasteiger charge is -2.12. The van der Waals surface area contributed by atoms with Crippen molar-refractivity contribution in [3.05, 3.63) is 57.6 Å². The van der Waals surface area contributed by atoms with E-state index < -0.39 is 0 Å². The molecule has 0 unspecified atom stereocenters. The second-order valence-corrected chi connectivity index (χ2v) is 5.87. The van der Waals surface area contributed by atoms with E-state index in [-0.39, 0.29) is 12.5 Å². The Kier molecular flexibility index (Phi) is 5.02. The molecule has 0 spiro atoms. The maximum absolute atomic E-state index is 12.0. The van der Waals surface area contributed by atoms with Gasteiger partial charge >= 0.3 is 0 Å². The summed E-state index contributed by atoms with van der Waals surface area (Å²) in [5, 5.41) is 2.83. The highest BCUT2D eigenvalue weighted by molar-refractivity contribution is 9.10. The van der Waals surface area contributed by atoms with Gasteiger partial charge in [-0.05, 0) is 71.6 Å². The molecular formula is C17H18BrNO2. The van der Waals surface area contributed by atoms with Crippen LogP contribution in [0.1, 0.15) is 16.7 Å². The third-order valence-corrected chi connectivity index (χ3v) is 3.97. The molecule has 110 valence electrons. The predicted molar refractivity (Wildman–Crippen MR) is 88.9 cm³/mol. The fourth-order valence-corrected chi connectivity index (χ4v) is 2.52. The highest BCUT2D eigenvalue weighted by atomic mass is 79.9. The van der Waals surface area contributed by atoms with Crippen molar-refractivity contribution >= 4 is 27.5 Å². The van der Waals surface area contributed by atoms with Gasteiger partial charge in [-0.1, -0.05) is 18.2 Å². The summed E-state index contributed by atoms with van der Waals surface area (Å²) in [6.07, 6.45) is 0. The van der Waals surface area contributed by atoms with Crippen LogP contribution in [0.25, 0.3) is 0 Å².